The van der Waals surface area contributed by atoms with Gasteiger partial charge in [0.05, 0.1) is 21.7 Å². The number of nitrogens with zero attached hydrogens (tertiary/aromatic N) is 3. The molecule has 0 saturated carbocycles. The molecular formula is C18H15F2N3O4S. The number of amides is 1. The second-order valence-electron chi connectivity index (χ2n) is 5.69. The Morgan fingerprint density at radius 3 is 2.82 bits per heavy atom. The summed E-state index contributed by atoms with van der Waals surface area (Å²) in [5.41, 5.74) is -0.0962. The van der Waals surface area contributed by atoms with Crippen LogP contribution < -0.4 is 4.80 Å². The van der Waals surface area contributed by atoms with Crippen molar-refractivity contribution in [3.63, 3.8) is 0 Å². The van der Waals surface area contributed by atoms with Gasteiger partial charge in [-0.3, -0.25) is 14.9 Å². The topological polar surface area (TPSA) is 86.7 Å². The molecule has 0 spiro atoms. The third kappa shape index (κ3) is 4.12. The SMILES string of the molecule is CCOCCn1c(=NC(=O)c2cccc([N+](=O)[O-])c2)sc2cc(F)cc(F)c21. The van der Waals surface area contributed by atoms with E-state index in [2.05, 4.69) is 4.99 Å². The summed E-state index contributed by atoms with van der Waals surface area (Å²) in [5.74, 6) is -2.23. The van der Waals surface area contributed by atoms with Crippen molar-refractivity contribution in [1.82, 2.24) is 4.57 Å². The molecule has 0 aliphatic heterocycles. The van der Waals surface area contributed by atoms with E-state index >= 15 is 0 Å². The van der Waals surface area contributed by atoms with Crippen LogP contribution in [-0.4, -0.2) is 28.6 Å². The maximum atomic E-state index is 14.3. The Balaban J connectivity index is 2.11. The molecule has 0 atom stereocenters. The fourth-order valence-electron chi connectivity index (χ4n) is 2.63. The number of ether oxygens (including phenoxy) is 1. The van der Waals surface area contributed by atoms with E-state index in [-0.39, 0.29) is 34.7 Å². The minimum Gasteiger partial charge on any atom is -0.380 e. The molecule has 1 aromatic heterocycles. The van der Waals surface area contributed by atoms with Gasteiger partial charge >= 0.3 is 0 Å². The standard InChI is InChI=1S/C18H15F2N3O4S/c1-2-27-7-6-22-16-14(20)9-12(19)10-15(16)28-18(22)21-17(24)11-4-3-5-13(8-11)23(25)26/h3-5,8-10H,2,6-7H2,1H3. The van der Waals surface area contributed by atoms with Gasteiger partial charge in [-0.2, -0.15) is 4.99 Å². The summed E-state index contributed by atoms with van der Waals surface area (Å²) in [4.78, 5) is 26.9. The van der Waals surface area contributed by atoms with Crippen LogP contribution in [0.15, 0.2) is 41.4 Å². The lowest BCUT2D eigenvalue weighted by atomic mass is 10.2. The summed E-state index contributed by atoms with van der Waals surface area (Å²) in [6, 6.07) is 7.08. The van der Waals surface area contributed by atoms with E-state index < -0.39 is 22.5 Å². The number of hydrogen-bond donors (Lipinski definition) is 0. The number of fused-ring (bicyclic) bond motifs is 1. The molecule has 0 aliphatic rings. The Labute approximate surface area is 161 Å². The normalized spacial score (nSPS) is 11.9. The van der Waals surface area contributed by atoms with Gasteiger partial charge < -0.3 is 9.30 Å². The lowest BCUT2D eigenvalue weighted by molar-refractivity contribution is -0.384. The Hall–Kier alpha value is -2.98. The van der Waals surface area contributed by atoms with Crippen molar-refractivity contribution in [3.8, 4) is 0 Å². The van der Waals surface area contributed by atoms with Crippen molar-refractivity contribution in [1.29, 1.82) is 0 Å². The van der Waals surface area contributed by atoms with Crippen molar-refractivity contribution in [2.75, 3.05) is 13.2 Å². The molecule has 146 valence electrons. The Bertz CT molecular complexity index is 1120. The highest BCUT2D eigenvalue weighted by molar-refractivity contribution is 7.16. The Kier molecular flexibility index (Phi) is 5.90. The summed E-state index contributed by atoms with van der Waals surface area (Å²) < 4.78 is 34.9. The minimum atomic E-state index is -0.771. The number of nitro benzene ring substituents is 1. The Morgan fingerprint density at radius 2 is 2.11 bits per heavy atom. The van der Waals surface area contributed by atoms with Gasteiger partial charge in [-0.05, 0) is 19.1 Å². The smallest absolute Gasteiger partial charge is 0.279 e. The number of benzene rings is 2. The number of carbonyl (C=O) groups is 1. The number of non-ortho nitro benzene ring substituents is 1. The van der Waals surface area contributed by atoms with Crippen LogP contribution in [-0.2, 0) is 11.3 Å². The quantitative estimate of drug-likeness (QED) is 0.354. The van der Waals surface area contributed by atoms with E-state index in [9.17, 15) is 23.7 Å². The predicted octanol–water partition coefficient (Wildman–Crippen LogP) is 3.67. The molecule has 0 aliphatic carbocycles. The number of carbonyl (C=O) groups excluding carboxylic acids is 1. The minimum absolute atomic E-state index is 0.0228. The van der Waals surface area contributed by atoms with Gasteiger partial charge in [-0.15, -0.1) is 0 Å². The Morgan fingerprint density at radius 1 is 1.32 bits per heavy atom. The van der Waals surface area contributed by atoms with Crippen LogP contribution in [0.2, 0.25) is 0 Å². The third-order valence-corrected chi connectivity index (χ3v) is 4.89. The van der Waals surface area contributed by atoms with Crippen molar-refractivity contribution in [3.05, 3.63) is 68.5 Å². The molecule has 7 nitrogen and oxygen atoms in total. The average molecular weight is 407 g/mol. The number of rotatable bonds is 6. The maximum absolute atomic E-state index is 14.3. The molecule has 0 saturated heterocycles. The number of hydrogen-bond acceptors (Lipinski definition) is 5. The first-order valence-electron chi connectivity index (χ1n) is 8.30. The van der Waals surface area contributed by atoms with Crippen LogP contribution in [0, 0.1) is 21.7 Å². The van der Waals surface area contributed by atoms with E-state index in [1.165, 1.54) is 22.8 Å². The molecule has 1 heterocycles. The van der Waals surface area contributed by atoms with Crippen LogP contribution >= 0.6 is 11.3 Å². The van der Waals surface area contributed by atoms with Crippen LogP contribution in [0.4, 0.5) is 14.5 Å². The first-order valence-corrected chi connectivity index (χ1v) is 9.12. The number of aromatic nitrogens is 1. The number of nitro groups is 1. The zero-order valence-corrected chi connectivity index (χ0v) is 15.5. The van der Waals surface area contributed by atoms with Crippen molar-refractivity contribution in [2.45, 2.75) is 13.5 Å². The molecule has 0 unspecified atom stereocenters. The van der Waals surface area contributed by atoms with Gasteiger partial charge in [0.25, 0.3) is 11.6 Å². The molecule has 0 N–H and O–H groups in total. The van der Waals surface area contributed by atoms with Crippen LogP contribution in [0.1, 0.15) is 17.3 Å². The van der Waals surface area contributed by atoms with Gasteiger partial charge in [0.2, 0.25) is 0 Å². The van der Waals surface area contributed by atoms with E-state index in [1.54, 1.807) is 0 Å². The summed E-state index contributed by atoms with van der Waals surface area (Å²) in [7, 11) is 0. The summed E-state index contributed by atoms with van der Waals surface area (Å²) in [5, 5.41) is 10.9. The van der Waals surface area contributed by atoms with Gasteiger partial charge in [-0.25, -0.2) is 8.78 Å². The number of thiazole rings is 1. The highest BCUT2D eigenvalue weighted by Crippen LogP contribution is 2.22. The van der Waals surface area contributed by atoms with Crippen molar-refractivity contribution >= 4 is 33.1 Å². The zero-order valence-electron chi connectivity index (χ0n) is 14.7. The predicted molar refractivity (Wildman–Crippen MR) is 99.2 cm³/mol. The molecule has 0 fully saturated rings. The molecule has 10 heteroatoms. The summed E-state index contributed by atoms with van der Waals surface area (Å²) in [6.07, 6.45) is 0. The second-order valence-corrected chi connectivity index (χ2v) is 6.70. The monoisotopic (exact) mass is 407 g/mol. The van der Waals surface area contributed by atoms with Gasteiger partial charge in [0, 0.05) is 36.9 Å². The molecule has 3 rings (SSSR count). The maximum Gasteiger partial charge on any atom is 0.279 e. The van der Waals surface area contributed by atoms with Crippen LogP contribution in [0.3, 0.4) is 0 Å². The lowest BCUT2D eigenvalue weighted by Gasteiger charge is -2.06. The average Bonchev–Trinajstić information content (AvgIpc) is 2.99. The van der Waals surface area contributed by atoms with E-state index in [0.29, 0.717) is 11.3 Å². The van der Waals surface area contributed by atoms with Crippen LogP contribution in [0.5, 0.6) is 0 Å². The fourth-order valence-corrected chi connectivity index (χ4v) is 3.72. The molecule has 2 aromatic carbocycles. The summed E-state index contributed by atoms with van der Waals surface area (Å²) >= 11 is 0.950. The summed E-state index contributed by atoms with van der Waals surface area (Å²) in [6.45, 7) is 2.72. The van der Waals surface area contributed by atoms with E-state index in [0.717, 1.165) is 29.5 Å². The molecular weight excluding hydrogens is 392 g/mol. The molecule has 1 amide bonds. The molecule has 3 aromatic rings. The molecule has 0 bridgehead atoms. The van der Waals surface area contributed by atoms with Gasteiger partial charge in [0.15, 0.2) is 10.6 Å². The fraction of sp³-hybridized carbons (Fsp3) is 0.222. The zero-order chi connectivity index (χ0) is 20.3. The molecule has 28 heavy (non-hydrogen) atoms. The van der Waals surface area contributed by atoms with Gasteiger partial charge in [-0.1, -0.05) is 17.4 Å². The highest BCUT2D eigenvalue weighted by atomic mass is 32.1. The lowest BCUT2D eigenvalue weighted by Crippen LogP contribution is -2.20. The second kappa shape index (κ2) is 8.36. The van der Waals surface area contributed by atoms with E-state index in [4.69, 9.17) is 4.74 Å². The number of halogens is 2. The first-order chi connectivity index (χ1) is 13.4. The van der Waals surface area contributed by atoms with Crippen LogP contribution in [0.25, 0.3) is 10.2 Å². The first kappa shape index (κ1) is 19.8. The third-order valence-electron chi connectivity index (χ3n) is 3.86. The highest BCUT2D eigenvalue weighted by Gasteiger charge is 2.15. The van der Waals surface area contributed by atoms with Crippen molar-refractivity contribution in [2.24, 2.45) is 4.99 Å². The van der Waals surface area contributed by atoms with E-state index in [1.807, 2.05) is 6.92 Å². The molecule has 0 radical (unpaired) electrons. The van der Waals surface area contributed by atoms with Crippen molar-refractivity contribution < 1.29 is 23.2 Å². The largest absolute Gasteiger partial charge is 0.380 e. The van der Waals surface area contributed by atoms with Gasteiger partial charge in [0.1, 0.15) is 5.82 Å².